The van der Waals surface area contributed by atoms with E-state index in [2.05, 4.69) is 16.0 Å². The quantitative estimate of drug-likeness (QED) is 0.0252. The van der Waals surface area contributed by atoms with Crippen molar-refractivity contribution in [1.29, 1.82) is 0 Å². The van der Waals surface area contributed by atoms with Crippen molar-refractivity contribution in [3.05, 3.63) is 215 Å². The fraction of sp³-hybridized carbons (Fsp3) is 0.494. The van der Waals surface area contributed by atoms with E-state index in [1.54, 1.807) is 13.8 Å². The summed E-state index contributed by atoms with van der Waals surface area (Å²) in [6.07, 6.45) is -17.8. The number of carbonyl (C=O) groups is 4. The van der Waals surface area contributed by atoms with Crippen molar-refractivity contribution in [1.82, 2.24) is 16.0 Å². The molecule has 0 unspecified atom stereocenters. The number of aliphatic hydroxyl groups excluding tert-OH is 1. The van der Waals surface area contributed by atoms with Crippen LogP contribution in [0.25, 0.3) is 0 Å². The molecular formula is C79H95N3O21. The highest BCUT2D eigenvalue weighted by atomic mass is 16.8. The van der Waals surface area contributed by atoms with Gasteiger partial charge in [-0.15, -0.1) is 0 Å². The van der Waals surface area contributed by atoms with E-state index in [0.29, 0.717) is 19.3 Å². The van der Waals surface area contributed by atoms with E-state index in [1.165, 1.54) is 7.11 Å². The number of ether oxygens (including phenoxy) is 16. The van der Waals surface area contributed by atoms with Gasteiger partial charge < -0.3 is 96.8 Å². The number of methoxy groups -OCH3 is 1. The maximum absolute atomic E-state index is 15.1. The minimum absolute atomic E-state index is 0.00739. The molecule has 24 nitrogen and oxygen atoms in total. The van der Waals surface area contributed by atoms with Crippen LogP contribution in [0.2, 0.25) is 0 Å². The highest BCUT2D eigenvalue weighted by molar-refractivity contribution is 5.82. The van der Waals surface area contributed by atoms with Gasteiger partial charge in [-0.3, -0.25) is 19.2 Å². The molecule has 6 aromatic rings. The maximum Gasteiger partial charge on any atom is 0.305 e. The van der Waals surface area contributed by atoms with Crippen molar-refractivity contribution in [2.75, 3.05) is 33.5 Å². The van der Waals surface area contributed by atoms with Crippen molar-refractivity contribution >= 4 is 23.7 Å². The Morgan fingerprint density at radius 3 is 1.14 bits per heavy atom. The van der Waals surface area contributed by atoms with Crippen molar-refractivity contribution in [3.8, 4) is 0 Å². The van der Waals surface area contributed by atoms with Gasteiger partial charge in [0.15, 0.2) is 37.7 Å². The fourth-order valence-electron chi connectivity index (χ4n) is 13.6. The topological polar surface area (TPSA) is 272 Å². The van der Waals surface area contributed by atoms with Crippen LogP contribution in [0.4, 0.5) is 0 Å². The van der Waals surface area contributed by atoms with Gasteiger partial charge in [-0.2, -0.15) is 0 Å². The first-order valence-electron chi connectivity index (χ1n) is 35.8. The van der Waals surface area contributed by atoms with Gasteiger partial charge in [0.2, 0.25) is 17.7 Å². The van der Waals surface area contributed by atoms with Crippen LogP contribution in [0.15, 0.2) is 182 Å². The molecule has 12 rings (SSSR count). The summed E-state index contributed by atoms with van der Waals surface area (Å²) in [4.78, 5) is 56.8. The summed E-state index contributed by atoms with van der Waals surface area (Å²) in [5.74, 6) is -1.73. The van der Waals surface area contributed by atoms with Gasteiger partial charge in [-0.25, -0.2) is 0 Å². The first kappa shape index (κ1) is 75.2. The Bertz CT molecular complexity index is 3560. The predicted octanol–water partition coefficient (Wildman–Crippen LogP) is 8.83. The lowest BCUT2D eigenvalue weighted by molar-refractivity contribution is -0.380. The van der Waals surface area contributed by atoms with Gasteiger partial charge in [0, 0.05) is 49.0 Å². The third kappa shape index (κ3) is 20.1. The van der Waals surface area contributed by atoms with Crippen LogP contribution >= 0.6 is 0 Å². The van der Waals surface area contributed by atoms with E-state index >= 15 is 4.79 Å². The van der Waals surface area contributed by atoms with Crippen LogP contribution in [-0.2, 0) is 115 Å². The van der Waals surface area contributed by atoms with Gasteiger partial charge in [0.05, 0.1) is 83.2 Å². The number of benzene rings is 6. The second-order valence-electron chi connectivity index (χ2n) is 26.5. The van der Waals surface area contributed by atoms with Gasteiger partial charge in [0.25, 0.3) is 0 Å². The number of aliphatic hydroxyl groups is 1. The van der Waals surface area contributed by atoms with Gasteiger partial charge in [-0.05, 0) is 50.3 Å². The molecule has 24 heteroatoms. The van der Waals surface area contributed by atoms with Crippen molar-refractivity contribution in [2.24, 2.45) is 0 Å². The first-order chi connectivity index (χ1) is 50.3. The molecule has 0 bridgehead atoms. The average Bonchev–Trinajstić information content (AvgIpc) is 0.761. The van der Waals surface area contributed by atoms with Crippen LogP contribution in [0.3, 0.4) is 0 Å². The Balaban J connectivity index is 0.907. The Labute approximate surface area is 600 Å². The van der Waals surface area contributed by atoms with Gasteiger partial charge in [0.1, 0.15) is 54.9 Å². The monoisotopic (exact) mass is 1420 g/mol. The van der Waals surface area contributed by atoms with E-state index in [9.17, 15) is 19.5 Å². The summed E-state index contributed by atoms with van der Waals surface area (Å²) < 4.78 is 106. The number of nitrogens with one attached hydrogen (secondary N) is 3. The SMILES string of the molecule is COC(=O)CCCCCO[C@H]1O[C@H](C)[C@@H](NC(=O)[C@H]2CCO[C@@H](c3ccccc3)O2)[C@H](OCc2ccccc2)[C@@H]1O[C@H]1O[C@H](C)[C@@H](NC(=O)[C@H]2CCO[C@@H](c3ccccc3)O2)[C@H](OCc2ccccc2)[C@@H]1O[C@H]1O[C@H](C)[C@@H](NC(=O)[C@H]2CCO[C@@H](c3ccccc3)O2)[C@H](OCc2ccccc2)[C@@H]1O. The number of hydrogen-bond acceptors (Lipinski definition) is 21. The predicted molar refractivity (Wildman–Crippen MR) is 370 cm³/mol. The minimum Gasteiger partial charge on any atom is -0.469 e. The number of esters is 1. The molecule has 21 atom stereocenters. The van der Waals surface area contributed by atoms with E-state index in [0.717, 1.165) is 33.4 Å². The Morgan fingerprint density at radius 1 is 0.398 bits per heavy atom. The third-order valence-electron chi connectivity index (χ3n) is 19.2. The maximum atomic E-state index is 15.1. The molecule has 0 aliphatic carbocycles. The molecule has 6 fully saturated rings. The normalized spacial score (nSPS) is 31.8. The van der Waals surface area contributed by atoms with Crippen LogP contribution in [-0.4, -0.2) is 173 Å². The number of unbranched alkanes of at least 4 members (excludes halogenated alkanes) is 2. The molecule has 6 aliphatic heterocycles. The highest BCUT2D eigenvalue weighted by Gasteiger charge is 2.56. The standard InChI is InChI=1S/C79H95N3O21/c1-49-62(80-71(85)58-39-43-90-74(99-58)55-32-18-8-19-33-55)66(93-46-52-26-12-5-13-27-52)65(84)77(96-49)102-70-68(95-48-54-30-16-7-17-31-54)64(82-73(87)60-41-45-92-76(101-60)57-36-22-10-23-37-57)51(3)98-79(70)103-69-67(94-47-53-28-14-6-15-29-53)63(50(2)97-78(69)89-42-25-11-24-38-61(83)88-4)81-72(86)59-40-44-91-75(100-59)56-34-20-9-21-35-56/h5-10,12-23,26-37,49-51,58-60,62-70,74-79,84H,11,24-25,38-48H2,1-4H3,(H,80,85)(H,81,86)(H,82,87)/t49-,50-,51-,58-,59-,60-,62-,63-,64-,65+,66+,67+,68+,69+,70+,74-,75-,76-,77-,78+,79-/m1/s1. The van der Waals surface area contributed by atoms with Gasteiger partial charge in [-0.1, -0.05) is 188 Å². The summed E-state index contributed by atoms with van der Waals surface area (Å²) in [5, 5.41) is 22.8. The summed E-state index contributed by atoms with van der Waals surface area (Å²) in [6, 6.07) is 53.5. The molecule has 6 aromatic carbocycles. The fourth-order valence-corrected chi connectivity index (χ4v) is 13.6. The zero-order valence-corrected chi connectivity index (χ0v) is 58.5. The lowest BCUT2D eigenvalue weighted by Crippen LogP contribution is -2.70. The Hall–Kier alpha value is -7.44. The van der Waals surface area contributed by atoms with E-state index in [1.807, 2.05) is 189 Å². The molecule has 552 valence electrons. The summed E-state index contributed by atoms with van der Waals surface area (Å²) in [6.45, 7) is 6.17. The summed E-state index contributed by atoms with van der Waals surface area (Å²) in [7, 11) is 1.35. The van der Waals surface area contributed by atoms with Crippen molar-refractivity contribution < 1.29 is 100 Å². The van der Waals surface area contributed by atoms with Crippen LogP contribution < -0.4 is 16.0 Å². The molecule has 4 N–H and O–H groups in total. The molecule has 0 aromatic heterocycles. The molecule has 6 aliphatic rings. The minimum atomic E-state index is -1.67. The molecule has 6 saturated heterocycles. The van der Waals surface area contributed by atoms with Gasteiger partial charge >= 0.3 is 5.97 Å². The Kier molecular flexibility index (Phi) is 27.4. The second-order valence-corrected chi connectivity index (χ2v) is 26.5. The van der Waals surface area contributed by atoms with Crippen LogP contribution in [0.5, 0.6) is 0 Å². The zero-order chi connectivity index (χ0) is 71.4. The largest absolute Gasteiger partial charge is 0.469 e. The first-order valence-corrected chi connectivity index (χ1v) is 35.8. The molecule has 103 heavy (non-hydrogen) atoms. The van der Waals surface area contributed by atoms with Crippen LogP contribution in [0, 0.1) is 0 Å². The smallest absolute Gasteiger partial charge is 0.305 e. The van der Waals surface area contributed by atoms with Crippen molar-refractivity contribution in [2.45, 2.75) is 215 Å². The molecule has 0 radical (unpaired) electrons. The average molecular weight is 1420 g/mol. The van der Waals surface area contributed by atoms with Crippen LogP contribution in [0.1, 0.15) is 118 Å². The summed E-state index contributed by atoms with van der Waals surface area (Å²) >= 11 is 0. The number of hydrogen-bond donors (Lipinski definition) is 4. The van der Waals surface area contributed by atoms with E-state index in [-0.39, 0.29) is 77.9 Å². The number of rotatable bonds is 29. The third-order valence-corrected chi connectivity index (χ3v) is 19.2. The van der Waals surface area contributed by atoms with Crippen molar-refractivity contribution in [3.63, 3.8) is 0 Å². The Morgan fingerprint density at radius 2 is 0.738 bits per heavy atom. The molecule has 0 spiro atoms. The molecule has 6 heterocycles. The van der Waals surface area contributed by atoms with E-state index < -0.39 is 147 Å². The summed E-state index contributed by atoms with van der Waals surface area (Å²) in [5.41, 5.74) is 4.59. The highest BCUT2D eigenvalue weighted by Crippen LogP contribution is 2.39. The second kappa shape index (κ2) is 37.5. The molecule has 0 saturated carbocycles. The lowest BCUT2D eigenvalue weighted by Gasteiger charge is -2.51. The lowest BCUT2D eigenvalue weighted by atomic mass is 9.93. The number of carbonyl (C=O) groups excluding carboxylic acids is 4. The molecule has 3 amide bonds. The van der Waals surface area contributed by atoms with E-state index in [4.69, 9.17) is 75.8 Å². The number of amides is 3. The zero-order valence-electron chi connectivity index (χ0n) is 58.5. The molecular weight excluding hydrogens is 1330 g/mol.